The summed E-state index contributed by atoms with van der Waals surface area (Å²) in [4.78, 5) is 34.1. The molecule has 1 N–H and O–H groups in total. The Hall–Kier alpha value is -4.29. The highest BCUT2D eigenvalue weighted by Gasteiger charge is 2.32. The Kier molecular flexibility index (Phi) is 5.54. The number of benzene rings is 3. The third kappa shape index (κ3) is 3.87. The number of non-ortho nitro benzene ring substituents is 2. The predicted octanol–water partition coefficient (Wildman–Crippen LogP) is 5.03. The van der Waals surface area contributed by atoms with Crippen LogP contribution in [-0.2, 0) is 6.42 Å². The molecule has 0 radical (unpaired) electrons. The predicted molar refractivity (Wildman–Crippen MR) is 119 cm³/mol. The van der Waals surface area contributed by atoms with Gasteiger partial charge in [0, 0.05) is 18.1 Å². The zero-order valence-corrected chi connectivity index (χ0v) is 17.0. The molecule has 8 heteroatoms. The number of carbonyl (C=O) groups is 1. The average molecular weight is 429 g/mol. The minimum Gasteiger partial charge on any atom is -0.345 e. The lowest BCUT2D eigenvalue weighted by Crippen LogP contribution is -2.36. The Morgan fingerprint density at radius 2 is 1.75 bits per heavy atom. The molecule has 1 aliphatic carbocycles. The van der Waals surface area contributed by atoms with Crippen LogP contribution in [-0.4, -0.2) is 15.8 Å². The van der Waals surface area contributed by atoms with E-state index < -0.39 is 33.2 Å². The highest BCUT2D eigenvalue weighted by molar-refractivity contribution is 5.96. The molecule has 3 aromatic carbocycles. The van der Waals surface area contributed by atoms with Crippen molar-refractivity contribution < 1.29 is 14.6 Å². The van der Waals surface area contributed by atoms with Crippen LogP contribution in [0.2, 0.25) is 0 Å². The van der Waals surface area contributed by atoms with Crippen molar-refractivity contribution in [1.82, 2.24) is 5.32 Å². The Labute approximate surface area is 183 Å². The van der Waals surface area contributed by atoms with Gasteiger partial charge in [-0.15, -0.1) is 5.73 Å². The van der Waals surface area contributed by atoms with Gasteiger partial charge in [-0.2, -0.15) is 0 Å². The van der Waals surface area contributed by atoms with Crippen LogP contribution in [0.25, 0.3) is 10.8 Å². The van der Waals surface area contributed by atoms with Crippen molar-refractivity contribution in [3.05, 3.63) is 110 Å². The van der Waals surface area contributed by atoms with Gasteiger partial charge in [0.05, 0.1) is 27.5 Å². The van der Waals surface area contributed by atoms with Crippen molar-refractivity contribution >= 4 is 28.1 Å². The smallest absolute Gasteiger partial charge is 0.277 e. The number of nitro groups is 2. The summed E-state index contributed by atoms with van der Waals surface area (Å²) in [5.41, 5.74) is 3.71. The number of hydrogen-bond donors (Lipinski definition) is 1. The van der Waals surface area contributed by atoms with Crippen molar-refractivity contribution in [1.29, 1.82) is 0 Å². The summed E-state index contributed by atoms with van der Waals surface area (Å²) >= 11 is 0. The van der Waals surface area contributed by atoms with Gasteiger partial charge in [-0.3, -0.25) is 25.0 Å². The molecule has 8 nitrogen and oxygen atoms in total. The number of nitrogens with one attached hydrogen (secondary N) is 1. The molecule has 1 aliphatic rings. The fraction of sp³-hybridized carbons (Fsp3) is 0.167. The summed E-state index contributed by atoms with van der Waals surface area (Å²) in [6.07, 6.45) is 3.39. The summed E-state index contributed by atoms with van der Waals surface area (Å²) in [6, 6.07) is 14.4. The minimum atomic E-state index is -0.754. The Morgan fingerprint density at radius 3 is 2.41 bits per heavy atom. The van der Waals surface area contributed by atoms with Crippen LogP contribution in [0.15, 0.2) is 73.0 Å². The molecule has 160 valence electrons. The van der Waals surface area contributed by atoms with E-state index in [2.05, 4.69) is 17.6 Å². The maximum Gasteiger partial charge on any atom is 0.277 e. The normalized spacial score (nSPS) is 17.1. The number of rotatable bonds is 5. The highest BCUT2D eigenvalue weighted by atomic mass is 16.6. The van der Waals surface area contributed by atoms with Gasteiger partial charge >= 0.3 is 0 Å². The zero-order chi connectivity index (χ0) is 22.8. The van der Waals surface area contributed by atoms with E-state index >= 15 is 0 Å². The van der Waals surface area contributed by atoms with Gasteiger partial charge in [-0.25, -0.2) is 0 Å². The van der Waals surface area contributed by atoms with Crippen LogP contribution < -0.4 is 5.32 Å². The van der Waals surface area contributed by atoms with E-state index in [-0.39, 0.29) is 11.5 Å². The van der Waals surface area contributed by atoms with Gasteiger partial charge in [-0.1, -0.05) is 43.0 Å². The number of fused-ring (bicyclic) bond motifs is 3. The standard InChI is InChI=1S/C24H19N3O5/c1-2-5-17-11-10-16-9-8-15-6-3-4-7-21(15)22(16)23(17)25-24(28)18-12-19(26(29)30)14-20(13-18)27(31)32/h3-9,12-14,17,23H,1,10-11H2,(H,25,28). The van der Waals surface area contributed by atoms with E-state index in [1.807, 2.05) is 42.5 Å². The molecular formula is C24H19N3O5. The monoisotopic (exact) mass is 429 g/mol. The largest absolute Gasteiger partial charge is 0.345 e. The second-order valence-electron chi connectivity index (χ2n) is 7.64. The molecule has 0 saturated heterocycles. The van der Waals surface area contributed by atoms with Crippen molar-refractivity contribution in [2.24, 2.45) is 5.92 Å². The van der Waals surface area contributed by atoms with E-state index in [4.69, 9.17) is 0 Å². The van der Waals surface area contributed by atoms with E-state index in [0.717, 1.165) is 52.9 Å². The molecule has 0 bridgehead atoms. The summed E-state index contributed by atoms with van der Waals surface area (Å²) in [5.74, 6) is -0.714. The lowest BCUT2D eigenvalue weighted by Gasteiger charge is -2.33. The van der Waals surface area contributed by atoms with E-state index in [1.54, 1.807) is 0 Å². The Morgan fingerprint density at radius 1 is 1.06 bits per heavy atom. The molecule has 0 aliphatic heterocycles. The molecule has 0 aromatic heterocycles. The van der Waals surface area contributed by atoms with E-state index in [9.17, 15) is 25.0 Å². The maximum atomic E-state index is 13.2. The molecule has 0 saturated carbocycles. The maximum absolute atomic E-state index is 13.2. The van der Waals surface area contributed by atoms with Gasteiger partial charge in [-0.05, 0) is 40.8 Å². The third-order valence-corrected chi connectivity index (χ3v) is 5.75. The second-order valence-corrected chi connectivity index (χ2v) is 7.64. The molecule has 2 atom stereocenters. The molecule has 4 rings (SSSR count). The molecule has 0 spiro atoms. The van der Waals surface area contributed by atoms with Crippen LogP contribution >= 0.6 is 0 Å². The van der Waals surface area contributed by atoms with E-state index in [0.29, 0.717) is 0 Å². The van der Waals surface area contributed by atoms with Crippen LogP contribution in [0.4, 0.5) is 11.4 Å². The molecule has 0 fully saturated rings. The fourth-order valence-corrected chi connectivity index (χ4v) is 4.30. The summed E-state index contributed by atoms with van der Waals surface area (Å²) in [5, 5.41) is 27.4. The number of carbonyl (C=O) groups excluding carboxylic acids is 1. The van der Waals surface area contributed by atoms with Crippen molar-refractivity contribution in [3.8, 4) is 0 Å². The van der Waals surface area contributed by atoms with Gasteiger partial charge in [0.2, 0.25) is 0 Å². The Balaban J connectivity index is 1.80. The van der Waals surface area contributed by atoms with Crippen molar-refractivity contribution in [2.75, 3.05) is 0 Å². The first kappa shape index (κ1) is 21.0. The Bertz CT molecular complexity index is 1280. The summed E-state index contributed by atoms with van der Waals surface area (Å²) in [6.45, 7) is 3.66. The van der Waals surface area contributed by atoms with Gasteiger partial charge in [0.1, 0.15) is 0 Å². The zero-order valence-electron chi connectivity index (χ0n) is 17.0. The first-order chi connectivity index (χ1) is 15.4. The van der Waals surface area contributed by atoms with Gasteiger partial charge in [0.25, 0.3) is 17.3 Å². The summed E-state index contributed by atoms with van der Waals surface area (Å²) in [7, 11) is 0. The topological polar surface area (TPSA) is 115 Å². The summed E-state index contributed by atoms with van der Waals surface area (Å²) < 4.78 is 0. The van der Waals surface area contributed by atoms with Crippen molar-refractivity contribution in [3.63, 3.8) is 0 Å². The fourth-order valence-electron chi connectivity index (χ4n) is 4.30. The van der Waals surface area contributed by atoms with Crippen LogP contribution in [0, 0.1) is 26.1 Å². The lowest BCUT2D eigenvalue weighted by molar-refractivity contribution is -0.394. The van der Waals surface area contributed by atoms with Crippen molar-refractivity contribution in [2.45, 2.75) is 18.9 Å². The van der Waals surface area contributed by atoms with Crippen LogP contribution in [0.3, 0.4) is 0 Å². The third-order valence-electron chi connectivity index (χ3n) is 5.75. The first-order valence-electron chi connectivity index (χ1n) is 10.00. The van der Waals surface area contributed by atoms with Gasteiger partial charge in [0.15, 0.2) is 0 Å². The number of aryl methyl sites for hydroxylation is 1. The molecular weight excluding hydrogens is 410 g/mol. The lowest BCUT2D eigenvalue weighted by atomic mass is 9.77. The van der Waals surface area contributed by atoms with E-state index in [1.165, 1.54) is 0 Å². The van der Waals surface area contributed by atoms with Crippen LogP contribution in [0.1, 0.15) is 33.9 Å². The SMILES string of the molecule is C=C=CC1CCc2ccc3ccccc3c2C1NC(=O)c1cc([N+](=O)[O-])cc([N+](=O)[O-])c1. The minimum absolute atomic E-state index is 0.0940. The van der Waals surface area contributed by atoms with Crippen LogP contribution in [0.5, 0.6) is 0 Å². The molecule has 2 unspecified atom stereocenters. The average Bonchev–Trinajstić information content (AvgIpc) is 2.79. The number of hydrogen-bond acceptors (Lipinski definition) is 5. The molecule has 3 aromatic rings. The number of amides is 1. The number of nitrogens with zero attached hydrogens (tertiary/aromatic N) is 2. The molecule has 0 heterocycles. The molecule has 1 amide bonds. The van der Waals surface area contributed by atoms with Gasteiger partial charge < -0.3 is 5.32 Å². The first-order valence-corrected chi connectivity index (χ1v) is 10.00. The highest BCUT2D eigenvalue weighted by Crippen LogP contribution is 2.40. The number of nitro benzene ring substituents is 2. The molecule has 32 heavy (non-hydrogen) atoms. The quantitative estimate of drug-likeness (QED) is 0.347. The second kappa shape index (κ2) is 8.45.